The van der Waals surface area contributed by atoms with E-state index in [1.165, 1.54) is 11.3 Å². The zero-order valence-corrected chi connectivity index (χ0v) is 22.6. The van der Waals surface area contributed by atoms with Gasteiger partial charge in [-0.2, -0.15) is 5.10 Å². The Hall–Kier alpha value is -2.35. The predicted octanol–water partition coefficient (Wildman–Crippen LogP) is 3.56. The van der Waals surface area contributed by atoms with E-state index < -0.39 is 16.4 Å². The van der Waals surface area contributed by atoms with Crippen LogP contribution in [0.3, 0.4) is 0 Å². The van der Waals surface area contributed by atoms with Crippen LogP contribution in [0.4, 0.5) is 11.4 Å². The number of hydrogen-bond acceptors (Lipinski definition) is 9. The Kier molecular flexibility index (Phi) is 8.12. The first-order valence-electron chi connectivity index (χ1n) is 12.0. The minimum Gasteiger partial charge on any atom is -0.356 e. The number of aryl methyl sites for hydroxylation is 2. The van der Waals surface area contributed by atoms with E-state index >= 15 is 0 Å². The molecule has 1 atom stereocenters. The Morgan fingerprint density at radius 2 is 1.94 bits per heavy atom. The molecular weight excluding hydrogens is 500 g/mol. The number of primary sulfonamides is 1. The number of aromatic nitrogens is 3. The summed E-state index contributed by atoms with van der Waals surface area (Å²) in [5.41, 5.74) is 2.69. The van der Waals surface area contributed by atoms with E-state index in [1.807, 2.05) is 33.9 Å². The SMILES string of the molecule is Cc1nc(C2CCC(NC(O)OC(C)C)CC2)sc1-c1ccc(Nc2cnn(C)c2)cc1S(N)(=O)=O. The van der Waals surface area contributed by atoms with Gasteiger partial charge in [0, 0.05) is 36.5 Å². The molecule has 36 heavy (non-hydrogen) atoms. The number of ether oxygens (including phenoxy) is 1. The number of nitrogens with two attached hydrogens (primary N) is 1. The Bertz CT molecular complexity index is 1300. The van der Waals surface area contributed by atoms with E-state index in [0.29, 0.717) is 11.3 Å². The number of hydrogen-bond donors (Lipinski definition) is 4. The molecule has 4 rings (SSSR count). The van der Waals surface area contributed by atoms with Crippen LogP contribution in [-0.4, -0.2) is 46.8 Å². The lowest BCUT2D eigenvalue weighted by molar-refractivity contribution is -0.150. The van der Waals surface area contributed by atoms with Crippen molar-refractivity contribution in [3.05, 3.63) is 41.3 Å². The summed E-state index contributed by atoms with van der Waals surface area (Å²) < 4.78 is 32.1. The molecule has 2 heterocycles. The van der Waals surface area contributed by atoms with Crippen molar-refractivity contribution in [2.24, 2.45) is 12.2 Å². The fraction of sp³-hybridized carbons (Fsp3) is 0.500. The molecule has 3 aromatic rings. The van der Waals surface area contributed by atoms with Gasteiger partial charge in [0.2, 0.25) is 16.4 Å². The number of aliphatic hydroxyl groups is 1. The van der Waals surface area contributed by atoms with Gasteiger partial charge in [-0.15, -0.1) is 11.3 Å². The van der Waals surface area contributed by atoms with Crippen LogP contribution in [0.15, 0.2) is 35.5 Å². The quantitative estimate of drug-likeness (QED) is 0.305. The van der Waals surface area contributed by atoms with Gasteiger partial charge >= 0.3 is 0 Å². The Morgan fingerprint density at radius 1 is 1.22 bits per heavy atom. The lowest BCUT2D eigenvalue weighted by Gasteiger charge is -2.30. The second kappa shape index (κ2) is 11.0. The van der Waals surface area contributed by atoms with E-state index in [0.717, 1.165) is 46.9 Å². The van der Waals surface area contributed by atoms with Crippen molar-refractivity contribution in [2.75, 3.05) is 5.32 Å². The molecule has 0 spiro atoms. The zero-order valence-electron chi connectivity index (χ0n) is 20.9. The summed E-state index contributed by atoms with van der Waals surface area (Å²) in [5, 5.41) is 27.0. The fourth-order valence-corrected chi connectivity index (χ4v) is 6.63. The fourth-order valence-electron chi connectivity index (χ4n) is 4.52. The van der Waals surface area contributed by atoms with Crippen molar-refractivity contribution >= 4 is 32.7 Å². The van der Waals surface area contributed by atoms with Gasteiger partial charge in [0.05, 0.1) is 38.5 Å². The second-order valence-corrected chi connectivity index (χ2v) is 12.1. The van der Waals surface area contributed by atoms with Gasteiger partial charge < -0.3 is 15.2 Å². The highest BCUT2D eigenvalue weighted by molar-refractivity contribution is 7.89. The van der Waals surface area contributed by atoms with Gasteiger partial charge in [-0.25, -0.2) is 18.5 Å². The maximum Gasteiger partial charge on any atom is 0.238 e. The highest BCUT2D eigenvalue weighted by Crippen LogP contribution is 2.41. The van der Waals surface area contributed by atoms with Crippen LogP contribution >= 0.6 is 11.3 Å². The number of anilines is 2. The number of nitrogens with one attached hydrogen (secondary N) is 2. The summed E-state index contributed by atoms with van der Waals surface area (Å²) in [7, 11) is -2.17. The lowest BCUT2D eigenvalue weighted by Crippen LogP contribution is -2.42. The number of benzene rings is 1. The van der Waals surface area contributed by atoms with E-state index in [1.54, 1.807) is 29.2 Å². The maximum absolute atomic E-state index is 12.5. The Balaban J connectivity index is 1.52. The van der Waals surface area contributed by atoms with E-state index in [9.17, 15) is 13.5 Å². The third-order valence-electron chi connectivity index (χ3n) is 6.20. The largest absolute Gasteiger partial charge is 0.356 e. The van der Waals surface area contributed by atoms with Gasteiger partial charge in [-0.05, 0) is 58.6 Å². The molecule has 10 nitrogen and oxygen atoms in total. The summed E-state index contributed by atoms with van der Waals surface area (Å²) in [6, 6.07) is 5.35. The molecule has 5 N–H and O–H groups in total. The van der Waals surface area contributed by atoms with Gasteiger partial charge in [-0.1, -0.05) is 6.07 Å². The molecule has 0 bridgehead atoms. The Morgan fingerprint density at radius 3 is 2.56 bits per heavy atom. The predicted molar refractivity (Wildman–Crippen MR) is 141 cm³/mol. The average molecular weight is 535 g/mol. The smallest absolute Gasteiger partial charge is 0.238 e. The highest BCUT2D eigenvalue weighted by atomic mass is 32.2. The summed E-state index contributed by atoms with van der Waals surface area (Å²) in [5.74, 6) is 0.285. The minimum atomic E-state index is -3.98. The first-order chi connectivity index (χ1) is 17.0. The molecule has 0 aliphatic heterocycles. The molecule has 0 radical (unpaired) electrons. The molecule has 196 valence electrons. The first kappa shape index (κ1) is 26.7. The standard InChI is InChI=1S/C24H34N6O4S2/c1-14(2)34-24(31)29-17-7-5-16(6-8-17)23-27-15(3)22(35-23)20-10-9-18(11-21(20)36(25,32)33)28-19-12-26-30(4)13-19/h9-14,16-17,24,28-29,31H,5-8H2,1-4H3,(H2,25,32,33). The maximum atomic E-state index is 12.5. The topological polar surface area (TPSA) is 144 Å². The molecule has 1 aliphatic rings. The van der Waals surface area contributed by atoms with Gasteiger partial charge in [0.25, 0.3) is 0 Å². The lowest BCUT2D eigenvalue weighted by atomic mass is 9.86. The molecule has 1 saturated carbocycles. The van der Waals surface area contributed by atoms with Crippen molar-refractivity contribution in [1.82, 2.24) is 20.1 Å². The third-order valence-corrected chi connectivity index (χ3v) is 8.50. The van der Waals surface area contributed by atoms with Gasteiger partial charge in [0.1, 0.15) is 0 Å². The number of nitrogens with zero attached hydrogens (tertiary/aromatic N) is 3. The molecule has 1 aromatic carbocycles. The number of rotatable bonds is 9. The molecule has 12 heteroatoms. The van der Waals surface area contributed by atoms with Crippen molar-refractivity contribution in [3.8, 4) is 10.4 Å². The van der Waals surface area contributed by atoms with Gasteiger partial charge in [-0.3, -0.25) is 10.00 Å². The molecule has 1 aliphatic carbocycles. The summed E-state index contributed by atoms with van der Waals surface area (Å²) in [6.07, 6.45) is 6.08. The molecular formula is C24H34N6O4S2. The van der Waals surface area contributed by atoms with Crippen molar-refractivity contribution in [2.45, 2.75) is 75.8 Å². The van der Waals surface area contributed by atoms with E-state index in [2.05, 4.69) is 15.7 Å². The summed E-state index contributed by atoms with van der Waals surface area (Å²) in [4.78, 5) is 5.68. The van der Waals surface area contributed by atoms with E-state index in [4.69, 9.17) is 14.9 Å². The van der Waals surface area contributed by atoms with Crippen molar-refractivity contribution in [3.63, 3.8) is 0 Å². The summed E-state index contributed by atoms with van der Waals surface area (Å²) >= 11 is 1.53. The van der Waals surface area contributed by atoms with Crippen LogP contribution in [0.5, 0.6) is 0 Å². The van der Waals surface area contributed by atoms with Crippen LogP contribution in [-0.2, 0) is 21.8 Å². The monoisotopic (exact) mass is 534 g/mol. The van der Waals surface area contributed by atoms with Crippen LogP contribution in [0.25, 0.3) is 10.4 Å². The van der Waals surface area contributed by atoms with E-state index in [-0.39, 0.29) is 23.0 Å². The second-order valence-electron chi connectivity index (χ2n) is 9.50. The number of aliphatic hydroxyl groups excluding tert-OH is 1. The average Bonchev–Trinajstić information content (AvgIpc) is 3.38. The van der Waals surface area contributed by atoms with Crippen LogP contribution < -0.4 is 15.8 Å². The third kappa shape index (κ3) is 6.50. The minimum absolute atomic E-state index is 0.0528. The summed E-state index contributed by atoms with van der Waals surface area (Å²) in [6.45, 7) is 5.67. The molecule has 1 unspecified atom stereocenters. The molecule has 0 amide bonds. The normalized spacial score (nSPS) is 19.5. The molecule has 1 fully saturated rings. The van der Waals surface area contributed by atoms with Crippen LogP contribution in [0.1, 0.15) is 56.2 Å². The molecule has 0 saturated heterocycles. The van der Waals surface area contributed by atoms with Gasteiger partial charge in [0.15, 0.2) is 0 Å². The molecule has 2 aromatic heterocycles. The number of sulfonamides is 1. The van der Waals surface area contributed by atoms with Crippen LogP contribution in [0, 0.1) is 6.92 Å². The van der Waals surface area contributed by atoms with Crippen molar-refractivity contribution < 1.29 is 18.3 Å². The first-order valence-corrected chi connectivity index (χ1v) is 14.4. The van der Waals surface area contributed by atoms with Crippen molar-refractivity contribution in [1.29, 1.82) is 0 Å². The number of thiazole rings is 1. The van der Waals surface area contributed by atoms with Crippen LogP contribution in [0.2, 0.25) is 0 Å². The Labute approximate surface area is 215 Å². The zero-order chi connectivity index (χ0) is 26.0. The highest BCUT2D eigenvalue weighted by Gasteiger charge is 2.28.